The Balaban J connectivity index is 1.80. The first kappa shape index (κ1) is 13.6. The first-order valence-corrected chi connectivity index (χ1v) is 7.11. The molecule has 1 fully saturated rings. The molecule has 0 bridgehead atoms. The van der Waals surface area contributed by atoms with E-state index in [1.165, 1.54) is 4.90 Å². The fourth-order valence-electron chi connectivity index (χ4n) is 2.89. The Morgan fingerprint density at radius 3 is 2.95 bits per heavy atom. The zero-order valence-electron chi connectivity index (χ0n) is 11.6. The van der Waals surface area contributed by atoms with Crippen LogP contribution in [0.15, 0.2) is 24.3 Å². The number of carbonyl (C=O) groups excluding carboxylic acids is 1. The normalized spacial score (nSPS) is 18.9. The lowest BCUT2D eigenvalue weighted by Gasteiger charge is -2.32. The number of aromatic nitrogens is 2. The summed E-state index contributed by atoms with van der Waals surface area (Å²) in [4.78, 5) is 25.2. The lowest BCUT2D eigenvalue weighted by atomic mass is 10.0. The number of nitrogens with zero attached hydrogens (tertiary/aromatic N) is 2. The number of nitrogens with one attached hydrogen (secondary N) is 1. The zero-order valence-corrected chi connectivity index (χ0v) is 11.6. The summed E-state index contributed by atoms with van der Waals surface area (Å²) >= 11 is 0. The predicted octanol–water partition coefficient (Wildman–Crippen LogP) is 1.57. The summed E-state index contributed by atoms with van der Waals surface area (Å²) in [6.45, 7) is 0.516. The highest BCUT2D eigenvalue weighted by atomic mass is 16.4. The summed E-state index contributed by atoms with van der Waals surface area (Å²) in [5.74, 6) is -1.07. The lowest BCUT2D eigenvalue weighted by molar-refractivity contribution is -0.151. The Hall–Kier alpha value is -2.37. The van der Waals surface area contributed by atoms with Gasteiger partial charge in [0.25, 0.3) is 0 Å². The van der Waals surface area contributed by atoms with Crippen molar-refractivity contribution in [2.75, 3.05) is 6.54 Å². The van der Waals surface area contributed by atoms with Gasteiger partial charge in [-0.05, 0) is 25.3 Å². The third-order valence-electron chi connectivity index (χ3n) is 3.98. The molecule has 110 valence electrons. The summed E-state index contributed by atoms with van der Waals surface area (Å²) < 4.78 is 0. The van der Waals surface area contributed by atoms with Crippen LogP contribution in [0.2, 0.25) is 0 Å². The zero-order chi connectivity index (χ0) is 14.8. The van der Waals surface area contributed by atoms with Gasteiger partial charge in [0.2, 0.25) is 5.91 Å². The van der Waals surface area contributed by atoms with Crippen molar-refractivity contribution in [3.05, 3.63) is 30.0 Å². The molecule has 1 atom stereocenters. The molecule has 2 heterocycles. The smallest absolute Gasteiger partial charge is 0.326 e. The minimum Gasteiger partial charge on any atom is -0.480 e. The molecule has 0 unspecified atom stereocenters. The number of H-pyrrole nitrogens is 1. The van der Waals surface area contributed by atoms with Crippen molar-refractivity contribution in [3.8, 4) is 0 Å². The Kier molecular flexibility index (Phi) is 3.60. The van der Waals surface area contributed by atoms with Gasteiger partial charge in [0, 0.05) is 11.9 Å². The fraction of sp³-hybridized carbons (Fsp3) is 0.400. The Bertz CT molecular complexity index is 680. The molecule has 6 heteroatoms. The molecule has 1 aliphatic heterocycles. The van der Waals surface area contributed by atoms with Crippen molar-refractivity contribution in [1.29, 1.82) is 0 Å². The van der Waals surface area contributed by atoms with E-state index in [1.807, 2.05) is 24.3 Å². The number of amides is 1. The molecule has 0 spiro atoms. The molecule has 0 radical (unpaired) electrons. The van der Waals surface area contributed by atoms with Crippen molar-refractivity contribution < 1.29 is 14.7 Å². The first-order chi connectivity index (χ1) is 10.2. The van der Waals surface area contributed by atoms with Crippen LogP contribution in [0.1, 0.15) is 25.0 Å². The van der Waals surface area contributed by atoms with E-state index in [0.29, 0.717) is 13.0 Å². The first-order valence-electron chi connectivity index (χ1n) is 7.11. The second-order valence-electron chi connectivity index (χ2n) is 5.33. The van der Waals surface area contributed by atoms with Crippen LogP contribution >= 0.6 is 0 Å². The highest BCUT2D eigenvalue weighted by Gasteiger charge is 2.32. The van der Waals surface area contributed by atoms with E-state index >= 15 is 0 Å². The molecular formula is C15H17N3O3. The minimum absolute atomic E-state index is 0.156. The van der Waals surface area contributed by atoms with Gasteiger partial charge in [-0.15, -0.1) is 0 Å². The van der Waals surface area contributed by atoms with Crippen molar-refractivity contribution in [3.63, 3.8) is 0 Å². The van der Waals surface area contributed by atoms with E-state index in [-0.39, 0.29) is 12.3 Å². The highest BCUT2D eigenvalue weighted by Crippen LogP contribution is 2.20. The lowest BCUT2D eigenvalue weighted by Crippen LogP contribution is -2.48. The third kappa shape index (κ3) is 2.61. The van der Waals surface area contributed by atoms with E-state index < -0.39 is 12.0 Å². The van der Waals surface area contributed by atoms with E-state index in [9.17, 15) is 14.7 Å². The number of carboxylic acid groups (broad SMARTS) is 1. The van der Waals surface area contributed by atoms with Gasteiger partial charge in [0.05, 0.1) is 17.6 Å². The number of likely N-dealkylation sites (tertiary alicyclic amines) is 1. The monoisotopic (exact) mass is 287 g/mol. The maximum Gasteiger partial charge on any atom is 0.326 e. The van der Waals surface area contributed by atoms with Crippen molar-refractivity contribution in [2.45, 2.75) is 31.7 Å². The Morgan fingerprint density at radius 1 is 1.33 bits per heavy atom. The fourth-order valence-corrected chi connectivity index (χ4v) is 2.89. The number of hydrogen-bond acceptors (Lipinski definition) is 3. The van der Waals surface area contributed by atoms with Crippen LogP contribution < -0.4 is 0 Å². The Morgan fingerprint density at radius 2 is 2.14 bits per heavy atom. The van der Waals surface area contributed by atoms with E-state index in [2.05, 4.69) is 10.2 Å². The SMILES string of the molecule is O=C(O)[C@H]1CCCCN1C(=O)Cc1[nH]nc2ccccc12. The number of aliphatic carboxylic acids is 1. The number of fused-ring (bicyclic) bond motifs is 1. The second kappa shape index (κ2) is 5.55. The van der Waals surface area contributed by atoms with E-state index in [1.54, 1.807) is 0 Å². The molecule has 1 aromatic carbocycles. The number of para-hydroxylation sites is 1. The van der Waals surface area contributed by atoms with Gasteiger partial charge in [-0.2, -0.15) is 5.10 Å². The molecular weight excluding hydrogens is 270 g/mol. The van der Waals surface area contributed by atoms with Crippen molar-refractivity contribution in [1.82, 2.24) is 15.1 Å². The van der Waals surface area contributed by atoms with Crippen molar-refractivity contribution in [2.24, 2.45) is 0 Å². The van der Waals surface area contributed by atoms with Crippen LogP contribution in [0.3, 0.4) is 0 Å². The average Bonchev–Trinajstić information content (AvgIpc) is 2.90. The second-order valence-corrected chi connectivity index (χ2v) is 5.33. The largest absolute Gasteiger partial charge is 0.480 e. The summed E-state index contributed by atoms with van der Waals surface area (Å²) in [6.07, 6.45) is 2.40. The quantitative estimate of drug-likeness (QED) is 0.897. The molecule has 0 saturated carbocycles. The van der Waals surface area contributed by atoms with E-state index in [4.69, 9.17) is 0 Å². The molecule has 1 aliphatic rings. The molecule has 0 aliphatic carbocycles. The van der Waals surface area contributed by atoms with Crippen LogP contribution in [0.5, 0.6) is 0 Å². The topological polar surface area (TPSA) is 86.3 Å². The third-order valence-corrected chi connectivity index (χ3v) is 3.98. The maximum absolute atomic E-state index is 12.4. The number of hydrogen-bond donors (Lipinski definition) is 2. The van der Waals surface area contributed by atoms with Gasteiger partial charge < -0.3 is 10.0 Å². The minimum atomic E-state index is -0.919. The molecule has 2 N–H and O–H groups in total. The number of rotatable bonds is 3. The molecule has 6 nitrogen and oxygen atoms in total. The molecule has 1 amide bonds. The molecule has 1 saturated heterocycles. The summed E-state index contributed by atoms with van der Waals surface area (Å²) in [5.41, 5.74) is 1.55. The van der Waals surface area contributed by atoms with Gasteiger partial charge >= 0.3 is 5.97 Å². The summed E-state index contributed by atoms with van der Waals surface area (Å²) in [5, 5.41) is 17.2. The van der Waals surface area contributed by atoms with Crippen LogP contribution in [0.4, 0.5) is 0 Å². The molecule has 21 heavy (non-hydrogen) atoms. The van der Waals surface area contributed by atoms with E-state index in [0.717, 1.165) is 29.4 Å². The number of aromatic amines is 1. The Labute approximate surface area is 121 Å². The predicted molar refractivity (Wildman–Crippen MR) is 76.8 cm³/mol. The highest BCUT2D eigenvalue weighted by molar-refractivity contribution is 5.89. The van der Waals surface area contributed by atoms with Gasteiger partial charge in [-0.25, -0.2) is 4.79 Å². The van der Waals surface area contributed by atoms with Crippen molar-refractivity contribution >= 4 is 22.8 Å². The van der Waals surface area contributed by atoms with Gasteiger partial charge in [0.1, 0.15) is 6.04 Å². The number of benzene rings is 1. The molecule has 1 aromatic heterocycles. The average molecular weight is 287 g/mol. The number of piperidine rings is 1. The van der Waals surface area contributed by atoms with Crippen LogP contribution in [0.25, 0.3) is 10.9 Å². The molecule has 3 rings (SSSR count). The number of carboxylic acids is 1. The van der Waals surface area contributed by atoms with Crippen LogP contribution in [-0.4, -0.2) is 44.7 Å². The van der Waals surface area contributed by atoms with Crippen LogP contribution in [-0.2, 0) is 16.0 Å². The summed E-state index contributed by atoms with van der Waals surface area (Å²) in [7, 11) is 0. The van der Waals surface area contributed by atoms with Crippen LogP contribution in [0, 0.1) is 0 Å². The number of carbonyl (C=O) groups is 2. The summed E-state index contributed by atoms with van der Waals surface area (Å²) in [6, 6.07) is 6.88. The van der Waals surface area contributed by atoms with Gasteiger partial charge in [-0.3, -0.25) is 9.89 Å². The molecule has 2 aromatic rings. The maximum atomic E-state index is 12.4. The van der Waals surface area contributed by atoms with Gasteiger partial charge in [0.15, 0.2) is 0 Å². The van der Waals surface area contributed by atoms with Gasteiger partial charge in [-0.1, -0.05) is 18.2 Å². The standard InChI is InChI=1S/C15H17N3O3/c19-14(18-8-4-3-7-13(18)15(20)21)9-12-10-5-1-2-6-11(10)16-17-12/h1-2,5-6,13H,3-4,7-9H2,(H,16,17)(H,20,21)/t13-/m1/s1.